The highest BCUT2D eigenvalue weighted by Gasteiger charge is 2.42. The zero-order valence-corrected chi connectivity index (χ0v) is 13.3. The molecule has 1 saturated carbocycles. The normalized spacial score (nSPS) is 21.0. The van der Waals surface area contributed by atoms with Crippen LogP contribution in [0.25, 0.3) is 16.5 Å². The molecule has 1 aliphatic carbocycles. The highest BCUT2D eigenvalue weighted by Crippen LogP contribution is 2.51. The summed E-state index contributed by atoms with van der Waals surface area (Å²) in [5, 5.41) is 23.1. The lowest BCUT2D eigenvalue weighted by Crippen LogP contribution is -2.25. The number of nitro benzene ring substituents is 1. The highest BCUT2D eigenvalue weighted by molar-refractivity contribution is 5.97. The van der Waals surface area contributed by atoms with E-state index in [1.165, 1.54) is 10.6 Å². The quantitative estimate of drug-likeness (QED) is 0.574. The van der Waals surface area contributed by atoms with Gasteiger partial charge in [0.25, 0.3) is 5.69 Å². The molecule has 3 aromatic rings. The first-order chi connectivity index (χ1) is 12.1. The van der Waals surface area contributed by atoms with Gasteiger partial charge in [-0.1, -0.05) is 18.2 Å². The Balaban J connectivity index is 1.84. The van der Waals surface area contributed by atoms with Gasteiger partial charge in [0.1, 0.15) is 0 Å². The molecular formula is C18H15N3O4. The standard InChI is InChI=1S/C18H15N3O4/c22-17-16-10-5-6-11(9-10)19(16)18(23)20(17)14-7-8-15(21(24)25)13-4-2-1-3-12(13)14/h1-4,7-8,10-11,22H,5-6,9H2. The summed E-state index contributed by atoms with van der Waals surface area (Å²) in [5.74, 6) is 0.194. The van der Waals surface area contributed by atoms with Crippen LogP contribution in [-0.2, 0) is 0 Å². The van der Waals surface area contributed by atoms with Crippen LogP contribution in [0.3, 0.4) is 0 Å². The molecule has 1 aliphatic heterocycles. The molecule has 2 atom stereocenters. The minimum atomic E-state index is -0.436. The topological polar surface area (TPSA) is 90.3 Å². The number of nitro groups is 1. The van der Waals surface area contributed by atoms with Crippen LogP contribution in [0, 0.1) is 10.1 Å². The molecule has 0 saturated heterocycles. The number of rotatable bonds is 2. The maximum absolute atomic E-state index is 13.0. The molecule has 2 bridgehead atoms. The molecule has 7 heteroatoms. The summed E-state index contributed by atoms with van der Waals surface area (Å²) in [6, 6.07) is 9.98. The molecule has 2 unspecified atom stereocenters. The Bertz CT molecular complexity index is 1110. The van der Waals surface area contributed by atoms with Crippen LogP contribution in [0.1, 0.15) is 36.9 Å². The molecule has 2 heterocycles. The number of fused-ring (bicyclic) bond motifs is 6. The average Bonchev–Trinajstić information content (AvgIpc) is 3.28. The second-order valence-electron chi connectivity index (χ2n) is 6.77. The van der Waals surface area contributed by atoms with Crippen LogP contribution in [0.2, 0.25) is 0 Å². The summed E-state index contributed by atoms with van der Waals surface area (Å²) in [6.45, 7) is 0. The first kappa shape index (κ1) is 14.3. The minimum absolute atomic E-state index is 0.0151. The van der Waals surface area contributed by atoms with Crippen LogP contribution in [0.5, 0.6) is 5.88 Å². The largest absolute Gasteiger partial charge is 0.493 e. The van der Waals surface area contributed by atoms with Crippen molar-refractivity contribution in [3.05, 3.63) is 62.7 Å². The molecule has 2 aromatic carbocycles. The van der Waals surface area contributed by atoms with Gasteiger partial charge in [-0.05, 0) is 31.4 Å². The van der Waals surface area contributed by atoms with E-state index in [4.69, 9.17) is 0 Å². The van der Waals surface area contributed by atoms with Crippen LogP contribution in [0.4, 0.5) is 5.69 Å². The number of aromatic nitrogens is 2. The van der Waals surface area contributed by atoms with E-state index in [1.807, 2.05) is 0 Å². The molecule has 1 fully saturated rings. The molecule has 1 aromatic heterocycles. The Labute approximate surface area is 141 Å². The molecule has 25 heavy (non-hydrogen) atoms. The molecule has 126 valence electrons. The summed E-state index contributed by atoms with van der Waals surface area (Å²) in [7, 11) is 0. The van der Waals surface area contributed by atoms with E-state index < -0.39 is 4.92 Å². The lowest BCUT2D eigenvalue weighted by atomic mass is 10.1. The monoisotopic (exact) mass is 337 g/mol. The van der Waals surface area contributed by atoms with Crippen molar-refractivity contribution < 1.29 is 10.0 Å². The summed E-state index contributed by atoms with van der Waals surface area (Å²) in [5.41, 5.74) is 0.908. The van der Waals surface area contributed by atoms with Crippen molar-refractivity contribution in [3.8, 4) is 11.6 Å². The van der Waals surface area contributed by atoms with Gasteiger partial charge in [0.05, 0.1) is 21.7 Å². The SMILES string of the molecule is O=c1n(-c2ccc([N+](=O)[O-])c3ccccc23)c(O)c2n1C1CCC2C1. The fraction of sp³-hybridized carbons (Fsp3) is 0.278. The van der Waals surface area contributed by atoms with Crippen LogP contribution >= 0.6 is 0 Å². The van der Waals surface area contributed by atoms with Gasteiger partial charge >= 0.3 is 5.69 Å². The summed E-state index contributed by atoms with van der Waals surface area (Å²) in [6.07, 6.45) is 2.87. The molecule has 0 amide bonds. The first-order valence-electron chi connectivity index (χ1n) is 8.30. The van der Waals surface area contributed by atoms with E-state index in [0.29, 0.717) is 22.2 Å². The summed E-state index contributed by atoms with van der Waals surface area (Å²) < 4.78 is 3.01. The van der Waals surface area contributed by atoms with Crippen LogP contribution < -0.4 is 5.69 Å². The fourth-order valence-electron chi connectivity index (χ4n) is 4.53. The van der Waals surface area contributed by atoms with E-state index in [2.05, 4.69) is 0 Å². The molecule has 7 nitrogen and oxygen atoms in total. The van der Waals surface area contributed by atoms with Gasteiger partial charge in [0.15, 0.2) is 0 Å². The molecular weight excluding hydrogens is 322 g/mol. The summed E-state index contributed by atoms with van der Waals surface area (Å²) >= 11 is 0. The Morgan fingerprint density at radius 3 is 2.60 bits per heavy atom. The Morgan fingerprint density at radius 1 is 1.12 bits per heavy atom. The zero-order chi connectivity index (χ0) is 17.3. The van der Waals surface area contributed by atoms with Gasteiger partial charge in [-0.25, -0.2) is 9.36 Å². The summed E-state index contributed by atoms with van der Waals surface area (Å²) in [4.78, 5) is 23.8. The first-order valence-corrected chi connectivity index (χ1v) is 8.30. The van der Waals surface area contributed by atoms with Crippen molar-refractivity contribution in [2.45, 2.75) is 31.2 Å². The Hall–Kier alpha value is -3.09. The third-order valence-corrected chi connectivity index (χ3v) is 5.57. The number of nitrogens with zero attached hydrogens (tertiary/aromatic N) is 3. The second kappa shape index (κ2) is 4.72. The van der Waals surface area contributed by atoms with Gasteiger partial charge < -0.3 is 5.11 Å². The molecule has 2 aliphatic rings. The van der Waals surface area contributed by atoms with E-state index in [9.17, 15) is 20.0 Å². The van der Waals surface area contributed by atoms with Gasteiger partial charge in [0.2, 0.25) is 5.88 Å². The van der Waals surface area contributed by atoms with Crippen molar-refractivity contribution in [3.63, 3.8) is 0 Å². The van der Waals surface area contributed by atoms with E-state index in [-0.39, 0.29) is 29.2 Å². The third kappa shape index (κ3) is 1.72. The minimum Gasteiger partial charge on any atom is -0.493 e. The maximum Gasteiger partial charge on any atom is 0.336 e. The van der Waals surface area contributed by atoms with Gasteiger partial charge in [-0.15, -0.1) is 0 Å². The van der Waals surface area contributed by atoms with Crippen molar-refractivity contribution in [1.29, 1.82) is 0 Å². The molecule has 0 radical (unpaired) electrons. The number of aromatic hydroxyl groups is 1. The maximum atomic E-state index is 13.0. The van der Waals surface area contributed by atoms with Gasteiger partial charge in [0, 0.05) is 23.4 Å². The van der Waals surface area contributed by atoms with Gasteiger partial charge in [-0.3, -0.25) is 14.7 Å². The lowest BCUT2D eigenvalue weighted by Gasteiger charge is -2.11. The molecule has 1 N–H and O–H groups in total. The number of non-ortho nitro benzene ring substituents is 1. The van der Waals surface area contributed by atoms with Crippen molar-refractivity contribution >= 4 is 16.5 Å². The molecule has 0 spiro atoms. The van der Waals surface area contributed by atoms with E-state index in [1.54, 1.807) is 34.9 Å². The fourth-order valence-corrected chi connectivity index (χ4v) is 4.53. The van der Waals surface area contributed by atoms with Crippen LogP contribution in [0.15, 0.2) is 41.2 Å². The second-order valence-corrected chi connectivity index (χ2v) is 6.77. The zero-order valence-electron chi connectivity index (χ0n) is 13.3. The predicted octanol–water partition coefficient (Wildman–Crippen LogP) is 3.23. The highest BCUT2D eigenvalue weighted by atomic mass is 16.6. The molecule has 5 rings (SSSR count). The van der Waals surface area contributed by atoms with Gasteiger partial charge in [-0.2, -0.15) is 0 Å². The Morgan fingerprint density at radius 2 is 1.88 bits per heavy atom. The third-order valence-electron chi connectivity index (χ3n) is 5.57. The van der Waals surface area contributed by atoms with E-state index in [0.717, 1.165) is 19.3 Å². The van der Waals surface area contributed by atoms with Crippen molar-refractivity contribution in [2.24, 2.45) is 0 Å². The average molecular weight is 337 g/mol. The number of benzene rings is 2. The number of hydrogen-bond acceptors (Lipinski definition) is 4. The van der Waals surface area contributed by atoms with Crippen molar-refractivity contribution in [1.82, 2.24) is 9.13 Å². The number of hydrogen-bond donors (Lipinski definition) is 1. The van der Waals surface area contributed by atoms with Crippen LogP contribution in [-0.4, -0.2) is 19.2 Å². The predicted molar refractivity (Wildman–Crippen MR) is 91.5 cm³/mol. The number of imidazole rings is 1. The van der Waals surface area contributed by atoms with Crippen molar-refractivity contribution in [2.75, 3.05) is 0 Å². The Kier molecular flexibility index (Phi) is 2.69. The van der Waals surface area contributed by atoms with E-state index >= 15 is 0 Å². The lowest BCUT2D eigenvalue weighted by molar-refractivity contribution is -0.383. The smallest absolute Gasteiger partial charge is 0.336 e.